The van der Waals surface area contributed by atoms with Gasteiger partial charge < -0.3 is 15.0 Å². The molecule has 2 atom stereocenters. The van der Waals surface area contributed by atoms with Crippen molar-refractivity contribution in [2.45, 2.75) is 25.5 Å². The van der Waals surface area contributed by atoms with Crippen molar-refractivity contribution < 1.29 is 4.74 Å². The maximum atomic E-state index is 5.57. The lowest BCUT2D eigenvalue weighted by Crippen LogP contribution is -2.40. The first-order valence-corrected chi connectivity index (χ1v) is 9.10. The Balaban J connectivity index is 1.51. The number of aromatic nitrogens is 5. The minimum absolute atomic E-state index is 0.246. The molecule has 2 aliphatic rings. The first-order valence-electron chi connectivity index (χ1n) is 9.10. The highest BCUT2D eigenvalue weighted by molar-refractivity contribution is 5.73. The van der Waals surface area contributed by atoms with Crippen LogP contribution in [0.15, 0.2) is 30.7 Å². The molecule has 1 saturated heterocycles. The van der Waals surface area contributed by atoms with E-state index in [2.05, 4.69) is 49.4 Å². The van der Waals surface area contributed by atoms with Crippen LogP contribution in [0.25, 0.3) is 22.6 Å². The standard InChI is InChI=1S/C19H21N7O/c1-11-5-12(17-22-10-23-25-17)3-4-15(11)16-8-21-18-19(24-16)26-9-14(27-2)6-13(26)7-20-18/h3-5,8,10,13-14H,6-7,9H2,1-2H3,(H,20,21)(H,22,23,25)/t13-,14+/m1/s1. The molecular weight excluding hydrogens is 342 g/mol. The van der Waals surface area contributed by atoms with Crippen molar-refractivity contribution in [1.82, 2.24) is 25.1 Å². The van der Waals surface area contributed by atoms with E-state index in [0.717, 1.165) is 59.4 Å². The van der Waals surface area contributed by atoms with Crippen molar-refractivity contribution in [1.29, 1.82) is 0 Å². The SMILES string of the molecule is CO[C@H]1C[C@@H]2CNc3ncc(-c4ccc(-c5ncn[nH]5)cc4C)nc3N2C1. The number of hydrogen-bond acceptors (Lipinski definition) is 7. The van der Waals surface area contributed by atoms with Crippen molar-refractivity contribution in [2.24, 2.45) is 0 Å². The third kappa shape index (κ3) is 2.73. The van der Waals surface area contributed by atoms with Gasteiger partial charge >= 0.3 is 0 Å². The van der Waals surface area contributed by atoms with Gasteiger partial charge in [0.05, 0.1) is 24.0 Å². The molecule has 2 aromatic heterocycles. The molecule has 2 aliphatic heterocycles. The van der Waals surface area contributed by atoms with Gasteiger partial charge in [0.2, 0.25) is 0 Å². The summed E-state index contributed by atoms with van der Waals surface area (Å²) < 4.78 is 5.57. The van der Waals surface area contributed by atoms with E-state index in [4.69, 9.17) is 9.72 Å². The van der Waals surface area contributed by atoms with Crippen molar-refractivity contribution in [2.75, 3.05) is 30.4 Å². The maximum absolute atomic E-state index is 5.57. The molecule has 0 saturated carbocycles. The van der Waals surface area contributed by atoms with E-state index in [1.807, 2.05) is 12.3 Å². The largest absolute Gasteiger partial charge is 0.380 e. The average Bonchev–Trinajstić information content (AvgIpc) is 3.37. The number of nitrogens with zero attached hydrogens (tertiary/aromatic N) is 5. The number of fused-ring (bicyclic) bond motifs is 3. The van der Waals surface area contributed by atoms with E-state index in [1.165, 1.54) is 6.33 Å². The summed E-state index contributed by atoms with van der Waals surface area (Å²) in [6, 6.07) is 6.59. The highest BCUT2D eigenvalue weighted by Gasteiger charge is 2.37. The quantitative estimate of drug-likeness (QED) is 0.737. The van der Waals surface area contributed by atoms with Crippen molar-refractivity contribution >= 4 is 11.6 Å². The molecule has 0 bridgehead atoms. The third-order valence-electron chi connectivity index (χ3n) is 5.43. The van der Waals surface area contributed by atoms with Crippen LogP contribution in [0.5, 0.6) is 0 Å². The Morgan fingerprint density at radius 1 is 1.26 bits per heavy atom. The van der Waals surface area contributed by atoms with Gasteiger partial charge in [-0.25, -0.2) is 15.0 Å². The second kappa shape index (κ2) is 6.31. The monoisotopic (exact) mass is 363 g/mol. The van der Waals surface area contributed by atoms with Crippen molar-refractivity contribution in [3.05, 3.63) is 36.3 Å². The van der Waals surface area contributed by atoms with E-state index in [1.54, 1.807) is 7.11 Å². The van der Waals surface area contributed by atoms with E-state index >= 15 is 0 Å². The predicted molar refractivity (Wildman–Crippen MR) is 103 cm³/mol. The van der Waals surface area contributed by atoms with Crippen LogP contribution in [0.1, 0.15) is 12.0 Å². The summed E-state index contributed by atoms with van der Waals surface area (Å²) in [5.41, 5.74) is 4.07. The molecule has 2 N–H and O–H groups in total. The van der Waals surface area contributed by atoms with Crippen LogP contribution in [0, 0.1) is 6.92 Å². The van der Waals surface area contributed by atoms with Gasteiger partial charge in [0.15, 0.2) is 17.5 Å². The van der Waals surface area contributed by atoms with E-state index in [9.17, 15) is 0 Å². The van der Waals surface area contributed by atoms with Crippen LogP contribution >= 0.6 is 0 Å². The minimum Gasteiger partial charge on any atom is -0.380 e. The lowest BCUT2D eigenvalue weighted by molar-refractivity contribution is 0.118. The van der Waals surface area contributed by atoms with Gasteiger partial charge in [-0.2, -0.15) is 5.10 Å². The van der Waals surface area contributed by atoms with Crippen LogP contribution < -0.4 is 10.2 Å². The number of anilines is 2. The number of rotatable bonds is 3. The number of hydrogen-bond donors (Lipinski definition) is 2. The van der Waals surface area contributed by atoms with Crippen molar-refractivity contribution in [3.8, 4) is 22.6 Å². The molecular formula is C19H21N7O. The number of benzene rings is 1. The van der Waals surface area contributed by atoms with Gasteiger partial charge in [0.25, 0.3) is 0 Å². The minimum atomic E-state index is 0.246. The van der Waals surface area contributed by atoms with Crippen LogP contribution in [-0.4, -0.2) is 57.5 Å². The maximum Gasteiger partial charge on any atom is 0.172 e. The Kier molecular flexibility index (Phi) is 3.78. The fraction of sp³-hybridized carbons (Fsp3) is 0.368. The molecule has 138 valence electrons. The topological polar surface area (TPSA) is 91.8 Å². The molecule has 0 amide bonds. The summed E-state index contributed by atoms with van der Waals surface area (Å²) in [6.07, 6.45) is 4.61. The summed E-state index contributed by atoms with van der Waals surface area (Å²) in [4.78, 5) is 16.1. The Morgan fingerprint density at radius 3 is 2.96 bits per heavy atom. The zero-order valence-electron chi connectivity index (χ0n) is 15.3. The van der Waals surface area contributed by atoms with Gasteiger partial charge in [0.1, 0.15) is 6.33 Å². The molecule has 1 aromatic carbocycles. The Labute approximate surface area is 157 Å². The molecule has 0 spiro atoms. The molecule has 0 aliphatic carbocycles. The molecule has 0 radical (unpaired) electrons. The zero-order valence-corrected chi connectivity index (χ0v) is 15.3. The molecule has 27 heavy (non-hydrogen) atoms. The summed E-state index contributed by atoms with van der Waals surface area (Å²) in [6.45, 7) is 3.82. The van der Waals surface area contributed by atoms with Gasteiger partial charge in [0, 0.05) is 31.3 Å². The predicted octanol–water partition coefficient (Wildman–Crippen LogP) is 2.26. The summed E-state index contributed by atoms with van der Waals surface area (Å²) in [5.74, 6) is 2.53. The summed E-state index contributed by atoms with van der Waals surface area (Å²) >= 11 is 0. The number of H-pyrrole nitrogens is 1. The average molecular weight is 363 g/mol. The van der Waals surface area contributed by atoms with Gasteiger partial charge in [-0.15, -0.1) is 0 Å². The highest BCUT2D eigenvalue weighted by Crippen LogP contribution is 2.36. The fourth-order valence-electron chi connectivity index (χ4n) is 3.99. The van der Waals surface area contributed by atoms with Crippen LogP contribution in [0.4, 0.5) is 11.6 Å². The molecule has 1 fully saturated rings. The first-order chi connectivity index (χ1) is 13.2. The number of ether oxygens (including phenoxy) is 1. The molecule has 8 heteroatoms. The number of aromatic amines is 1. The second-order valence-electron chi connectivity index (χ2n) is 7.07. The van der Waals surface area contributed by atoms with Crippen LogP contribution in [0.3, 0.4) is 0 Å². The Hall–Kier alpha value is -3.00. The van der Waals surface area contributed by atoms with Gasteiger partial charge in [-0.3, -0.25) is 5.10 Å². The van der Waals surface area contributed by atoms with E-state index in [-0.39, 0.29) is 6.10 Å². The normalized spacial score (nSPS) is 20.9. The number of methoxy groups -OCH3 is 1. The molecule has 0 unspecified atom stereocenters. The smallest absolute Gasteiger partial charge is 0.172 e. The van der Waals surface area contributed by atoms with Crippen molar-refractivity contribution in [3.63, 3.8) is 0 Å². The Bertz CT molecular complexity index is 972. The first kappa shape index (κ1) is 16.2. The fourth-order valence-corrected chi connectivity index (χ4v) is 3.99. The van der Waals surface area contributed by atoms with E-state index in [0.29, 0.717) is 6.04 Å². The lowest BCUT2D eigenvalue weighted by atomic mass is 10.0. The molecule has 4 heterocycles. The summed E-state index contributed by atoms with van der Waals surface area (Å²) in [5, 5.41) is 10.2. The second-order valence-corrected chi connectivity index (χ2v) is 7.07. The zero-order chi connectivity index (χ0) is 18.4. The summed E-state index contributed by atoms with van der Waals surface area (Å²) in [7, 11) is 1.78. The Morgan fingerprint density at radius 2 is 2.19 bits per heavy atom. The number of nitrogens with one attached hydrogen (secondary N) is 2. The van der Waals surface area contributed by atoms with E-state index < -0.39 is 0 Å². The highest BCUT2D eigenvalue weighted by atomic mass is 16.5. The van der Waals surface area contributed by atoms with Crippen LogP contribution in [-0.2, 0) is 4.74 Å². The lowest BCUT2D eigenvalue weighted by Gasteiger charge is -2.32. The van der Waals surface area contributed by atoms with Gasteiger partial charge in [-0.1, -0.05) is 12.1 Å². The molecule has 3 aromatic rings. The number of aryl methyl sites for hydroxylation is 1. The van der Waals surface area contributed by atoms with Gasteiger partial charge in [-0.05, 0) is 25.0 Å². The van der Waals surface area contributed by atoms with Crippen LogP contribution in [0.2, 0.25) is 0 Å². The molecule has 8 nitrogen and oxygen atoms in total. The molecule has 5 rings (SSSR count). The third-order valence-corrected chi connectivity index (χ3v) is 5.43.